The van der Waals surface area contributed by atoms with Gasteiger partial charge in [0.25, 0.3) is 0 Å². The summed E-state index contributed by atoms with van der Waals surface area (Å²) in [6.45, 7) is 6.20. The summed E-state index contributed by atoms with van der Waals surface area (Å²) in [5, 5.41) is 33.4. The van der Waals surface area contributed by atoms with Crippen LogP contribution < -0.4 is 5.43 Å². The highest BCUT2D eigenvalue weighted by Gasteiger charge is 2.32. The lowest BCUT2D eigenvalue weighted by atomic mass is 9.99. The largest absolute Gasteiger partial charge is 0.479 e. The second-order valence-corrected chi connectivity index (χ2v) is 15.7. The summed E-state index contributed by atoms with van der Waals surface area (Å²) in [5.74, 6) is -5.54. The number of carbonyl (C=O) groups excluding carboxylic acids is 1. The minimum absolute atomic E-state index is 0.0507. The first-order valence-corrected chi connectivity index (χ1v) is 20.1. The number of alkyl halides is 3. The van der Waals surface area contributed by atoms with Gasteiger partial charge in [0.2, 0.25) is 5.91 Å². The molecule has 0 aliphatic carbocycles. The Balaban J connectivity index is 0.000000626. The van der Waals surface area contributed by atoms with Crippen molar-refractivity contribution in [3.8, 4) is 11.1 Å². The Morgan fingerprint density at radius 1 is 0.820 bits per heavy atom. The molecule has 0 radical (unpaired) electrons. The molecule has 4 N–H and O–H groups in total. The number of nitrogens with zero attached hydrogens (tertiary/aromatic N) is 3. The third-order valence-corrected chi connectivity index (χ3v) is 11.4. The van der Waals surface area contributed by atoms with Crippen LogP contribution in [0.4, 0.5) is 22.0 Å². The fraction of sp³-hybridized carbons (Fsp3) is 0.318. The second kappa shape index (κ2) is 20.3. The van der Waals surface area contributed by atoms with Gasteiger partial charge in [-0.25, -0.2) is 18.4 Å². The van der Waals surface area contributed by atoms with Gasteiger partial charge in [-0.05, 0) is 73.7 Å². The van der Waals surface area contributed by atoms with Crippen molar-refractivity contribution in [2.75, 3.05) is 13.1 Å². The number of amides is 1. The SMILES string of the molecule is CC(C)N1CCC(N(Cc2ccc(-c3ccc(C(F)(F)F)cc3)cc2)C(=O)Cn2c(SCc3cccc(F)c3F)cc(=O)c3ccccc32)CC1.O=C(O)C(O)C(O)C(=O)O. The van der Waals surface area contributed by atoms with Crippen molar-refractivity contribution in [3.63, 3.8) is 0 Å². The van der Waals surface area contributed by atoms with E-state index in [2.05, 4.69) is 18.7 Å². The number of thioether (sulfide) groups is 1. The molecule has 1 aliphatic heterocycles. The zero-order chi connectivity index (χ0) is 44.6. The zero-order valence-electron chi connectivity index (χ0n) is 33.1. The number of carboxylic acids is 2. The molecular weight excluding hydrogens is 826 g/mol. The molecule has 11 nitrogen and oxygen atoms in total. The van der Waals surface area contributed by atoms with Crippen LogP contribution in [0.25, 0.3) is 22.0 Å². The number of fused-ring (bicyclic) bond motifs is 1. The fourth-order valence-corrected chi connectivity index (χ4v) is 7.92. The van der Waals surface area contributed by atoms with Crippen LogP contribution in [0.15, 0.2) is 107 Å². The molecular formula is C44H44F5N3O8S. The Hall–Kier alpha value is -5.62. The Labute approximate surface area is 351 Å². The molecule has 1 fully saturated rings. The number of pyridine rings is 1. The lowest BCUT2D eigenvalue weighted by Crippen LogP contribution is -2.49. The van der Waals surface area contributed by atoms with Crippen LogP contribution in [-0.4, -0.2) is 90.0 Å². The van der Waals surface area contributed by atoms with E-state index in [1.54, 1.807) is 28.8 Å². The molecule has 2 unspecified atom stereocenters. The van der Waals surface area contributed by atoms with Crippen molar-refractivity contribution in [1.29, 1.82) is 0 Å². The predicted octanol–water partition coefficient (Wildman–Crippen LogP) is 7.04. The third kappa shape index (κ3) is 11.8. The minimum Gasteiger partial charge on any atom is -0.479 e. The lowest BCUT2D eigenvalue weighted by molar-refractivity contribution is -0.165. The van der Waals surface area contributed by atoms with Crippen LogP contribution >= 0.6 is 11.8 Å². The van der Waals surface area contributed by atoms with E-state index < -0.39 is 47.5 Å². The summed E-state index contributed by atoms with van der Waals surface area (Å²) < 4.78 is 69.6. The average molecular weight is 870 g/mol. The van der Waals surface area contributed by atoms with Crippen LogP contribution in [0.3, 0.4) is 0 Å². The van der Waals surface area contributed by atoms with Gasteiger partial charge in [-0.2, -0.15) is 13.2 Å². The van der Waals surface area contributed by atoms with Crippen LogP contribution in [0.5, 0.6) is 0 Å². The molecule has 17 heteroatoms. The van der Waals surface area contributed by atoms with Gasteiger partial charge in [-0.3, -0.25) is 9.59 Å². The summed E-state index contributed by atoms with van der Waals surface area (Å²) in [7, 11) is 0. The number of para-hydroxylation sites is 1. The highest BCUT2D eigenvalue weighted by atomic mass is 32.2. The number of hydrogen-bond acceptors (Lipinski definition) is 8. The Morgan fingerprint density at radius 3 is 1.95 bits per heavy atom. The molecule has 1 saturated heterocycles. The highest BCUT2D eigenvalue weighted by molar-refractivity contribution is 7.98. The van der Waals surface area contributed by atoms with E-state index >= 15 is 0 Å². The lowest BCUT2D eigenvalue weighted by Gasteiger charge is -2.40. The molecule has 2 heterocycles. The van der Waals surface area contributed by atoms with Gasteiger partial charge in [0.1, 0.15) is 6.54 Å². The number of carboxylic acid groups (broad SMARTS) is 2. The molecule has 1 aliphatic rings. The second-order valence-electron chi connectivity index (χ2n) is 14.7. The molecule has 4 aromatic carbocycles. The first-order chi connectivity index (χ1) is 28.8. The summed E-state index contributed by atoms with van der Waals surface area (Å²) in [4.78, 5) is 51.5. The van der Waals surface area contributed by atoms with Crippen molar-refractivity contribution in [3.05, 3.63) is 136 Å². The summed E-state index contributed by atoms with van der Waals surface area (Å²) in [5.41, 5.74) is 2.05. The van der Waals surface area contributed by atoms with Gasteiger partial charge in [-0.15, -0.1) is 11.8 Å². The quantitative estimate of drug-likeness (QED) is 0.0715. The van der Waals surface area contributed by atoms with Gasteiger partial charge < -0.3 is 34.8 Å². The van der Waals surface area contributed by atoms with Gasteiger partial charge in [0.15, 0.2) is 29.3 Å². The molecule has 5 aromatic rings. The van der Waals surface area contributed by atoms with Gasteiger partial charge in [0, 0.05) is 54.5 Å². The molecule has 2 atom stereocenters. The van der Waals surface area contributed by atoms with E-state index in [9.17, 15) is 41.1 Å². The Bertz CT molecular complexity index is 2370. The molecule has 1 aromatic heterocycles. The minimum atomic E-state index is -4.41. The zero-order valence-corrected chi connectivity index (χ0v) is 33.9. The van der Waals surface area contributed by atoms with Gasteiger partial charge in [0.05, 0.1) is 16.1 Å². The average Bonchev–Trinajstić information content (AvgIpc) is 3.24. The number of piperidine rings is 1. The first-order valence-electron chi connectivity index (χ1n) is 19.2. The van der Waals surface area contributed by atoms with Crippen molar-refractivity contribution in [1.82, 2.24) is 14.4 Å². The monoisotopic (exact) mass is 869 g/mol. The summed E-state index contributed by atoms with van der Waals surface area (Å²) >= 11 is 1.17. The van der Waals surface area contributed by atoms with Crippen molar-refractivity contribution < 1.29 is 56.8 Å². The molecule has 1 amide bonds. The normalized spacial score (nSPS) is 14.6. The van der Waals surface area contributed by atoms with E-state index in [0.717, 1.165) is 55.3 Å². The molecule has 324 valence electrons. The smallest absolute Gasteiger partial charge is 0.416 e. The Kier molecular flexibility index (Phi) is 15.5. The number of aromatic nitrogens is 1. The van der Waals surface area contributed by atoms with Gasteiger partial charge in [-0.1, -0.05) is 60.7 Å². The van der Waals surface area contributed by atoms with Crippen molar-refractivity contribution in [2.45, 2.75) is 81.0 Å². The van der Waals surface area contributed by atoms with Crippen LogP contribution in [0.2, 0.25) is 0 Å². The molecule has 61 heavy (non-hydrogen) atoms. The number of aliphatic hydroxyl groups is 2. The van der Waals surface area contributed by atoms with E-state index in [1.165, 1.54) is 42.1 Å². The number of carbonyl (C=O) groups is 3. The molecule has 0 saturated carbocycles. The highest BCUT2D eigenvalue weighted by Crippen LogP contribution is 2.32. The predicted molar refractivity (Wildman–Crippen MR) is 219 cm³/mol. The first kappa shape index (κ1) is 46.4. The van der Waals surface area contributed by atoms with E-state index in [-0.39, 0.29) is 35.2 Å². The van der Waals surface area contributed by atoms with Crippen LogP contribution in [0.1, 0.15) is 43.4 Å². The third-order valence-electron chi connectivity index (χ3n) is 10.3. The molecule has 6 rings (SSSR count). The van der Waals surface area contributed by atoms with E-state index in [4.69, 9.17) is 20.4 Å². The van der Waals surface area contributed by atoms with Crippen molar-refractivity contribution >= 4 is 40.5 Å². The van der Waals surface area contributed by atoms with Crippen molar-refractivity contribution in [2.24, 2.45) is 0 Å². The maximum Gasteiger partial charge on any atom is 0.416 e. The number of aliphatic carboxylic acids is 2. The standard InChI is InChI=1S/C40H38F5N3O2S.C4H6O6/c1-26(2)46-20-18-32(19-21-46)47(23-27-10-12-28(13-11-27)29-14-16-31(17-15-29)40(43,44)45)37(50)24-48-35-9-4-3-7-33(35)36(49)22-38(48)51-25-30-6-5-8-34(41)39(30)42;5-1(3(7)8)2(6)4(9)10/h3-17,22,26,32H,18-21,23-25H2,1-2H3;1-2,5-6H,(H,7,8)(H,9,10). The van der Waals surface area contributed by atoms with Gasteiger partial charge >= 0.3 is 18.1 Å². The van der Waals surface area contributed by atoms with Crippen LogP contribution in [0, 0.1) is 11.6 Å². The Morgan fingerprint density at radius 2 is 1.39 bits per heavy atom. The number of aliphatic hydroxyl groups excluding tert-OH is 2. The maximum atomic E-state index is 14.6. The number of benzene rings is 4. The van der Waals surface area contributed by atoms with E-state index in [1.807, 2.05) is 29.2 Å². The molecule has 0 bridgehead atoms. The summed E-state index contributed by atoms with van der Waals surface area (Å²) in [6, 6.07) is 25.3. The number of halogens is 5. The number of rotatable bonds is 13. The summed E-state index contributed by atoms with van der Waals surface area (Å²) in [6.07, 6.45) is -7.39. The fourth-order valence-electron chi connectivity index (χ4n) is 6.88. The topological polar surface area (TPSA) is 161 Å². The van der Waals surface area contributed by atoms with Crippen LogP contribution in [-0.2, 0) is 39.4 Å². The number of likely N-dealkylation sites (tertiary alicyclic amines) is 1. The van der Waals surface area contributed by atoms with E-state index in [0.29, 0.717) is 34.1 Å². The molecule has 0 spiro atoms. The number of hydrogen-bond donors (Lipinski definition) is 4. The maximum absolute atomic E-state index is 14.6.